The number of fused-ring (bicyclic) bond motifs is 1. The number of phenols is 1. The number of hydrogen-bond donors (Lipinski definition) is 3. The van der Waals surface area contributed by atoms with Gasteiger partial charge in [-0.25, -0.2) is 13.6 Å². The molecule has 3 aromatic rings. The lowest BCUT2D eigenvalue weighted by Crippen LogP contribution is -2.15. The molecule has 7 nitrogen and oxygen atoms in total. The number of phenolic OH excluding ortho intramolecular Hbond substituents is 1. The molecule has 3 aromatic carbocycles. The van der Waals surface area contributed by atoms with E-state index < -0.39 is 10.0 Å². The van der Waals surface area contributed by atoms with Crippen molar-refractivity contribution in [3.05, 3.63) is 66.2 Å². The second kappa shape index (κ2) is 7.03. The molecule has 0 fully saturated rings. The second-order valence-corrected chi connectivity index (χ2v) is 7.11. The molecule has 5 N–H and O–H groups in total. The predicted molar refractivity (Wildman–Crippen MR) is 99.5 cm³/mol. The molecule has 0 heterocycles. The zero-order valence-corrected chi connectivity index (χ0v) is 14.5. The molecule has 134 valence electrons. The van der Waals surface area contributed by atoms with Gasteiger partial charge in [-0.3, -0.25) is 0 Å². The fraction of sp³-hybridized carbons (Fsp3) is 0.0556. The van der Waals surface area contributed by atoms with Crippen LogP contribution in [0.2, 0.25) is 0 Å². The van der Waals surface area contributed by atoms with Gasteiger partial charge >= 0.3 is 0 Å². The van der Waals surface area contributed by atoms with Crippen molar-refractivity contribution in [2.24, 2.45) is 15.9 Å². The molecule has 0 unspecified atom stereocenters. The molecule has 0 saturated carbocycles. The van der Waals surface area contributed by atoms with Crippen LogP contribution in [0, 0.1) is 0 Å². The minimum Gasteiger partial charge on any atom is -0.508 e. The highest BCUT2D eigenvalue weighted by atomic mass is 32.2. The van der Waals surface area contributed by atoms with Crippen LogP contribution in [-0.4, -0.2) is 19.5 Å². The van der Waals surface area contributed by atoms with Gasteiger partial charge < -0.3 is 15.6 Å². The number of ether oxygens (including phenoxy) is 1. The molecule has 8 heteroatoms. The van der Waals surface area contributed by atoms with Crippen molar-refractivity contribution >= 4 is 32.5 Å². The standard InChI is InChI=1S/C18H17N3O4S/c19-18(25-11-12-7-9-13(22)10-8-12)21-16-5-1-4-15-14(16)3-2-6-17(15)26(20,23)24/h1-10,22H,11H2,(H2,19,21)(H2,20,23,24). The third-order valence-electron chi connectivity index (χ3n) is 3.72. The Bertz CT molecular complexity index is 1080. The maximum atomic E-state index is 11.7. The van der Waals surface area contributed by atoms with E-state index in [9.17, 15) is 13.5 Å². The molecule has 26 heavy (non-hydrogen) atoms. The van der Waals surface area contributed by atoms with Crippen molar-refractivity contribution in [1.29, 1.82) is 0 Å². The zero-order valence-electron chi connectivity index (χ0n) is 13.7. The quantitative estimate of drug-likeness (QED) is 0.479. The Morgan fingerprint density at radius 2 is 1.65 bits per heavy atom. The van der Waals surface area contributed by atoms with Gasteiger partial charge in [-0.1, -0.05) is 36.4 Å². The fourth-order valence-corrected chi connectivity index (χ4v) is 3.26. The van der Waals surface area contributed by atoms with Gasteiger partial charge in [0.2, 0.25) is 10.0 Å². The van der Waals surface area contributed by atoms with E-state index in [1.165, 1.54) is 6.07 Å². The Balaban J connectivity index is 1.90. The van der Waals surface area contributed by atoms with Gasteiger partial charge in [-0.2, -0.15) is 4.99 Å². The van der Waals surface area contributed by atoms with Crippen molar-refractivity contribution in [2.75, 3.05) is 0 Å². The summed E-state index contributed by atoms with van der Waals surface area (Å²) in [6, 6.07) is 16.2. The number of rotatable bonds is 4. The van der Waals surface area contributed by atoms with E-state index in [1.807, 2.05) is 0 Å². The van der Waals surface area contributed by atoms with E-state index in [2.05, 4.69) is 4.99 Å². The first-order valence-corrected chi connectivity index (χ1v) is 9.18. The summed E-state index contributed by atoms with van der Waals surface area (Å²) in [6.45, 7) is 0.183. The smallest absolute Gasteiger partial charge is 0.287 e. The Morgan fingerprint density at radius 1 is 1.00 bits per heavy atom. The van der Waals surface area contributed by atoms with Crippen molar-refractivity contribution in [2.45, 2.75) is 11.5 Å². The SMILES string of the molecule is NC(=Nc1cccc2c(S(N)(=O)=O)cccc12)OCc1ccc(O)cc1. The molecule has 0 aromatic heterocycles. The van der Waals surface area contributed by atoms with Crippen LogP contribution in [0.15, 0.2) is 70.6 Å². The number of nitrogens with two attached hydrogens (primary N) is 2. The number of aromatic hydroxyl groups is 1. The fourth-order valence-electron chi connectivity index (χ4n) is 2.51. The van der Waals surface area contributed by atoms with Crippen LogP contribution < -0.4 is 10.9 Å². The van der Waals surface area contributed by atoms with E-state index in [4.69, 9.17) is 15.6 Å². The number of nitrogens with zero attached hydrogens (tertiary/aromatic N) is 1. The number of amidine groups is 1. The van der Waals surface area contributed by atoms with Gasteiger partial charge in [-0.05, 0) is 29.8 Å². The average Bonchev–Trinajstić information content (AvgIpc) is 2.60. The second-order valence-electron chi connectivity index (χ2n) is 5.58. The van der Waals surface area contributed by atoms with Gasteiger partial charge in [0.05, 0.1) is 10.6 Å². The molecule has 0 atom stereocenters. The summed E-state index contributed by atoms with van der Waals surface area (Å²) in [5.74, 6) is 0.164. The molecule has 0 spiro atoms. The summed E-state index contributed by atoms with van der Waals surface area (Å²) in [6.07, 6.45) is 0. The highest BCUT2D eigenvalue weighted by molar-refractivity contribution is 7.89. The van der Waals surface area contributed by atoms with Crippen LogP contribution in [0.1, 0.15) is 5.56 Å². The van der Waals surface area contributed by atoms with Crippen LogP contribution in [0.5, 0.6) is 5.75 Å². The minimum absolute atomic E-state index is 0.0237. The maximum Gasteiger partial charge on any atom is 0.287 e. The monoisotopic (exact) mass is 371 g/mol. The number of hydrogen-bond acceptors (Lipinski definition) is 5. The van der Waals surface area contributed by atoms with Crippen LogP contribution >= 0.6 is 0 Å². The first kappa shape index (κ1) is 17.7. The number of primary sulfonamides is 1. The lowest BCUT2D eigenvalue weighted by atomic mass is 10.1. The molecular formula is C18H17N3O4S. The summed E-state index contributed by atoms with van der Waals surface area (Å²) in [5.41, 5.74) is 7.12. The first-order valence-electron chi connectivity index (χ1n) is 7.64. The molecule has 0 aliphatic heterocycles. The maximum absolute atomic E-state index is 11.7. The van der Waals surface area contributed by atoms with Crippen molar-refractivity contribution < 1.29 is 18.3 Å². The molecule has 0 aliphatic rings. The third kappa shape index (κ3) is 3.93. The molecule has 0 bridgehead atoms. The Morgan fingerprint density at radius 3 is 2.35 bits per heavy atom. The van der Waals surface area contributed by atoms with Crippen molar-refractivity contribution in [3.63, 3.8) is 0 Å². The summed E-state index contributed by atoms with van der Waals surface area (Å²) in [4.78, 5) is 4.25. The molecule has 3 rings (SSSR count). The summed E-state index contributed by atoms with van der Waals surface area (Å²) in [5, 5.41) is 15.6. The topological polar surface area (TPSA) is 128 Å². The van der Waals surface area contributed by atoms with Gasteiger partial charge in [0.1, 0.15) is 12.4 Å². The molecular weight excluding hydrogens is 354 g/mol. The number of sulfonamides is 1. The Kier molecular flexibility index (Phi) is 4.79. The zero-order chi connectivity index (χ0) is 18.7. The molecule has 0 radical (unpaired) electrons. The van der Waals surface area contributed by atoms with Crippen LogP contribution in [0.3, 0.4) is 0 Å². The van der Waals surface area contributed by atoms with Gasteiger partial charge in [-0.15, -0.1) is 0 Å². The third-order valence-corrected chi connectivity index (χ3v) is 4.69. The van der Waals surface area contributed by atoms with E-state index in [-0.39, 0.29) is 23.3 Å². The van der Waals surface area contributed by atoms with E-state index >= 15 is 0 Å². The number of aliphatic imine (C=N–C) groups is 1. The van der Waals surface area contributed by atoms with Crippen molar-refractivity contribution in [1.82, 2.24) is 0 Å². The predicted octanol–water partition coefficient (Wildman–Crippen LogP) is 2.36. The first-order chi connectivity index (χ1) is 12.3. The van der Waals surface area contributed by atoms with Gasteiger partial charge in [0.25, 0.3) is 6.02 Å². The molecule has 0 saturated heterocycles. The highest BCUT2D eigenvalue weighted by Gasteiger charge is 2.13. The molecule has 0 amide bonds. The van der Waals surface area contributed by atoms with Crippen molar-refractivity contribution in [3.8, 4) is 5.75 Å². The van der Waals surface area contributed by atoms with Crippen LogP contribution in [-0.2, 0) is 21.4 Å². The highest BCUT2D eigenvalue weighted by Crippen LogP contribution is 2.30. The molecule has 0 aliphatic carbocycles. The van der Waals surface area contributed by atoms with E-state index in [0.717, 1.165) is 5.56 Å². The van der Waals surface area contributed by atoms with Gasteiger partial charge in [0, 0.05) is 10.8 Å². The van der Waals surface area contributed by atoms with Crippen LogP contribution in [0.4, 0.5) is 5.69 Å². The van der Waals surface area contributed by atoms with E-state index in [0.29, 0.717) is 16.5 Å². The number of benzene rings is 3. The lowest BCUT2D eigenvalue weighted by Gasteiger charge is -2.08. The van der Waals surface area contributed by atoms with Crippen LogP contribution in [0.25, 0.3) is 10.8 Å². The Hall–Kier alpha value is -3.10. The largest absolute Gasteiger partial charge is 0.508 e. The summed E-state index contributed by atoms with van der Waals surface area (Å²) in [7, 11) is -3.86. The lowest BCUT2D eigenvalue weighted by molar-refractivity contribution is 0.287. The summed E-state index contributed by atoms with van der Waals surface area (Å²) >= 11 is 0. The van der Waals surface area contributed by atoms with Gasteiger partial charge in [0.15, 0.2) is 0 Å². The normalized spacial score (nSPS) is 12.3. The van der Waals surface area contributed by atoms with E-state index in [1.54, 1.807) is 54.6 Å². The summed E-state index contributed by atoms with van der Waals surface area (Å²) < 4.78 is 28.9. The average molecular weight is 371 g/mol. The Labute approximate surface area is 150 Å². The minimum atomic E-state index is -3.86.